The van der Waals surface area contributed by atoms with Crippen molar-refractivity contribution in [3.05, 3.63) is 34.2 Å². The number of halogens is 1. The van der Waals surface area contributed by atoms with E-state index in [4.69, 9.17) is 4.42 Å². The molecule has 1 aromatic heterocycles. The molecule has 0 aliphatic rings. The molecule has 0 bridgehead atoms. The van der Waals surface area contributed by atoms with Crippen molar-refractivity contribution in [1.82, 2.24) is 5.32 Å². The van der Waals surface area contributed by atoms with Crippen molar-refractivity contribution < 1.29 is 4.42 Å². The maximum absolute atomic E-state index is 5.45. The van der Waals surface area contributed by atoms with Gasteiger partial charge in [-0.25, -0.2) is 0 Å². The molecule has 0 aliphatic carbocycles. The van der Waals surface area contributed by atoms with Crippen LogP contribution in [0.4, 0.5) is 0 Å². The Morgan fingerprint density at radius 3 is 2.62 bits per heavy atom. The highest BCUT2D eigenvalue weighted by molar-refractivity contribution is 9.10. The van der Waals surface area contributed by atoms with Crippen LogP contribution in [0.2, 0.25) is 0 Å². The molecule has 0 amide bonds. The van der Waals surface area contributed by atoms with E-state index in [-0.39, 0.29) is 6.04 Å². The predicted molar refractivity (Wildman–Crippen MR) is 57.6 cm³/mol. The Morgan fingerprint density at radius 1 is 1.54 bits per heavy atom. The van der Waals surface area contributed by atoms with Gasteiger partial charge in [-0.3, -0.25) is 0 Å². The Labute approximate surface area is 87.1 Å². The summed E-state index contributed by atoms with van der Waals surface area (Å²) in [6.45, 7) is 4.14. The molecule has 0 saturated carbocycles. The lowest BCUT2D eigenvalue weighted by Crippen LogP contribution is -2.13. The van der Waals surface area contributed by atoms with Gasteiger partial charge in [-0.1, -0.05) is 11.6 Å². The van der Waals surface area contributed by atoms with E-state index < -0.39 is 0 Å². The summed E-state index contributed by atoms with van der Waals surface area (Å²) >= 11 is 3.28. The molecule has 13 heavy (non-hydrogen) atoms. The minimum Gasteiger partial charge on any atom is -0.452 e. The molecule has 1 N–H and O–H groups in total. The zero-order valence-corrected chi connectivity index (χ0v) is 9.68. The Balaban J connectivity index is 2.84. The zero-order chi connectivity index (χ0) is 9.84. The predicted octanol–water partition coefficient (Wildman–Crippen LogP) is 3.27. The van der Waals surface area contributed by atoms with Gasteiger partial charge in [0.25, 0.3) is 0 Å². The quantitative estimate of drug-likeness (QED) is 0.825. The lowest BCUT2D eigenvalue weighted by Gasteiger charge is -2.08. The van der Waals surface area contributed by atoms with Gasteiger partial charge in [0, 0.05) is 0 Å². The van der Waals surface area contributed by atoms with E-state index in [1.807, 2.05) is 19.2 Å². The number of nitrogens with one attached hydrogen (secondary N) is 1. The summed E-state index contributed by atoms with van der Waals surface area (Å²) in [5, 5.41) is 3.17. The third kappa shape index (κ3) is 3.01. The maximum atomic E-state index is 5.45. The van der Waals surface area contributed by atoms with Crippen LogP contribution in [0.5, 0.6) is 0 Å². The fraction of sp³-hybridized carbons (Fsp3) is 0.400. The highest BCUT2D eigenvalue weighted by Gasteiger charge is 2.09. The summed E-state index contributed by atoms with van der Waals surface area (Å²) in [7, 11) is 1.92. The van der Waals surface area contributed by atoms with E-state index in [0.717, 1.165) is 10.4 Å². The summed E-state index contributed by atoms with van der Waals surface area (Å²) in [6, 6.07) is 4.03. The standard InChI is InChI=1S/C10H14BrNO/c1-7(2)6-8(12-3)9-4-5-10(11)13-9/h4-6,8,12H,1-3H3. The van der Waals surface area contributed by atoms with E-state index >= 15 is 0 Å². The van der Waals surface area contributed by atoms with Crippen LogP contribution in [0.15, 0.2) is 32.9 Å². The van der Waals surface area contributed by atoms with Crippen LogP contribution in [0.3, 0.4) is 0 Å². The minimum atomic E-state index is 0.163. The summed E-state index contributed by atoms with van der Waals surface area (Å²) in [4.78, 5) is 0. The summed E-state index contributed by atoms with van der Waals surface area (Å²) in [5.41, 5.74) is 1.27. The van der Waals surface area contributed by atoms with Gasteiger partial charge in [0.05, 0.1) is 6.04 Å². The highest BCUT2D eigenvalue weighted by Crippen LogP contribution is 2.21. The van der Waals surface area contributed by atoms with Crippen LogP contribution >= 0.6 is 15.9 Å². The van der Waals surface area contributed by atoms with Gasteiger partial charge in [-0.05, 0) is 49.0 Å². The average Bonchev–Trinajstić information content (AvgIpc) is 2.47. The SMILES string of the molecule is CNC(C=C(C)C)c1ccc(Br)o1. The number of furan rings is 1. The first-order valence-corrected chi connectivity index (χ1v) is 5.00. The van der Waals surface area contributed by atoms with Crippen molar-refractivity contribution in [2.45, 2.75) is 19.9 Å². The first-order valence-electron chi connectivity index (χ1n) is 4.21. The molecule has 0 aliphatic heterocycles. The van der Waals surface area contributed by atoms with Gasteiger partial charge >= 0.3 is 0 Å². The smallest absolute Gasteiger partial charge is 0.169 e. The lowest BCUT2D eigenvalue weighted by molar-refractivity contribution is 0.451. The number of likely N-dealkylation sites (N-methyl/N-ethyl adjacent to an activating group) is 1. The second kappa shape index (κ2) is 4.63. The Kier molecular flexibility index (Phi) is 3.75. The lowest BCUT2D eigenvalue weighted by atomic mass is 10.1. The second-order valence-corrected chi connectivity index (χ2v) is 3.93. The number of rotatable bonds is 3. The molecule has 1 unspecified atom stereocenters. The third-order valence-corrected chi connectivity index (χ3v) is 2.14. The van der Waals surface area contributed by atoms with Gasteiger partial charge in [-0.2, -0.15) is 0 Å². The third-order valence-electron chi connectivity index (χ3n) is 1.71. The molecule has 1 aromatic rings. The van der Waals surface area contributed by atoms with Crippen LogP contribution in [0.1, 0.15) is 25.6 Å². The monoisotopic (exact) mass is 243 g/mol. The summed E-state index contributed by atoms with van der Waals surface area (Å²) < 4.78 is 6.22. The fourth-order valence-electron chi connectivity index (χ4n) is 1.14. The van der Waals surface area contributed by atoms with Crippen LogP contribution < -0.4 is 5.32 Å². The normalized spacial score (nSPS) is 12.6. The number of allylic oxidation sites excluding steroid dienone is 1. The molecule has 72 valence electrons. The fourth-order valence-corrected chi connectivity index (χ4v) is 1.46. The molecule has 1 heterocycles. The van der Waals surface area contributed by atoms with Gasteiger partial charge in [0.2, 0.25) is 0 Å². The van der Waals surface area contributed by atoms with Gasteiger partial charge < -0.3 is 9.73 Å². The highest BCUT2D eigenvalue weighted by atomic mass is 79.9. The molecule has 1 rings (SSSR count). The Morgan fingerprint density at radius 2 is 2.23 bits per heavy atom. The molecule has 0 radical (unpaired) electrons. The molecule has 3 heteroatoms. The van der Waals surface area contributed by atoms with E-state index in [2.05, 4.69) is 41.2 Å². The first-order chi connectivity index (χ1) is 6.13. The average molecular weight is 244 g/mol. The van der Waals surface area contributed by atoms with Crippen molar-refractivity contribution in [3.8, 4) is 0 Å². The topological polar surface area (TPSA) is 25.2 Å². The maximum Gasteiger partial charge on any atom is 0.169 e. The molecular formula is C10H14BrNO. The molecule has 0 spiro atoms. The van der Waals surface area contributed by atoms with Crippen LogP contribution in [-0.4, -0.2) is 7.05 Å². The minimum absolute atomic E-state index is 0.163. The van der Waals surface area contributed by atoms with Gasteiger partial charge in [0.1, 0.15) is 5.76 Å². The van der Waals surface area contributed by atoms with Crippen LogP contribution in [0.25, 0.3) is 0 Å². The summed E-state index contributed by atoms with van der Waals surface area (Å²) in [6.07, 6.45) is 2.13. The molecule has 0 aromatic carbocycles. The zero-order valence-electron chi connectivity index (χ0n) is 8.10. The van der Waals surface area contributed by atoms with Crippen molar-refractivity contribution in [2.24, 2.45) is 0 Å². The second-order valence-electron chi connectivity index (χ2n) is 3.15. The van der Waals surface area contributed by atoms with Crippen molar-refractivity contribution in [2.75, 3.05) is 7.05 Å². The van der Waals surface area contributed by atoms with E-state index in [1.54, 1.807) is 0 Å². The Bertz CT molecular complexity index is 300. The van der Waals surface area contributed by atoms with E-state index in [1.165, 1.54) is 5.57 Å². The van der Waals surface area contributed by atoms with Crippen LogP contribution in [-0.2, 0) is 0 Å². The van der Waals surface area contributed by atoms with E-state index in [0.29, 0.717) is 0 Å². The van der Waals surface area contributed by atoms with Crippen molar-refractivity contribution >= 4 is 15.9 Å². The Hall–Kier alpha value is -0.540. The first kappa shape index (κ1) is 10.5. The number of hydrogen-bond donors (Lipinski definition) is 1. The van der Waals surface area contributed by atoms with Gasteiger partial charge in [-0.15, -0.1) is 0 Å². The molecule has 0 saturated heterocycles. The van der Waals surface area contributed by atoms with Crippen LogP contribution in [0, 0.1) is 0 Å². The molecule has 0 fully saturated rings. The van der Waals surface area contributed by atoms with E-state index in [9.17, 15) is 0 Å². The molecular weight excluding hydrogens is 230 g/mol. The van der Waals surface area contributed by atoms with Gasteiger partial charge in [0.15, 0.2) is 4.67 Å². The molecule has 1 atom stereocenters. The molecule has 2 nitrogen and oxygen atoms in total. The largest absolute Gasteiger partial charge is 0.452 e. The summed E-state index contributed by atoms with van der Waals surface area (Å²) in [5.74, 6) is 0.926. The van der Waals surface area contributed by atoms with Crippen molar-refractivity contribution in [3.63, 3.8) is 0 Å². The van der Waals surface area contributed by atoms with Crippen molar-refractivity contribution in [1.29, 1.82) is 0 Å². The number of hydrogen-bond acceptors (Lipinski definition) is 2.